The summed E-state index contributed by atoms with van der Waals surface area (Å²) in [5.74, 6) is -2.10. The summed E-state index contributed by atoms with van der Waals surface area (Å²) >= 11 is 0. The van der Waals surface area contributed by atoms with Crippen LogP contribution in [0.4, 0.5) is 9.59 Å². The molecule has 4 N–H and O–H groups in total. The number of nitrogens with two attached hydrogens (primary N) is 2. The molecule has 0 bridgehead atoms. The molecule has 2 saturated heterocycles. The Balaban J connectivity index is 1.26. The third-order valence-corrected chi connectivity index (χ3v) is 12.0. The Kier molecular flexibility index (Phi) is 11.2. The van der Waals surface area contributed by atoms with Crippen molar-refractivity contribution >= 4 is 37.9 Å². The number of barbiturate groups is 1. The van der Waals surface area contributed by atoms with Crippen LogP contribution < -0.4 is 11.5 Å². The fourth-order valence-corrected chi connectivity index (χ4v) is 8.01. The van der Waals surface area contributed by atoms with Crippen molar-refractivity contribution in [1.82, 2.24) is 19.6 Å². The molecule has 5 rings (SSSR count). The Labute approximate surface area is 289 Å². The van der Waals surface area contributed by atoms with Crippen LogP contribution in [-0.2, 0) is 30.5 Å². The van der Waals surface area contributed by atoms with Gasteiger partial charge in [0.15, 0.2) is 0 Å². The highest BCUT2D eigenvalue weighted by Crippen LogP contribution is 2.47. The fraction of sp³-hybridized carbons (Fsp3) is 0.629. The van der Waals surface area contributed by atoms with Gasteiger partial charge in [0, 0.05) is 46.7 Å². The molecule has 4 fully saturated rings. The molecule has 13 nitrogen and oxygen atoms in total. The van der Waals surface area contributed by atoms with Crippen molar-refractivity contribution in [3.8, 4) is 0 Å². The number of ether oxygens (including phenoxy) is 2. The van der Waals surface area contributed by atoms with Gasteiger partial charge in [0.1, 0.15) is 23.7 Å². The minimum Gasteiger partial charge on any atom is -0.385 e. The van der Waals surface area contributed by atoms with Gasteiger partial charge in [-0.05, 0) is 49.6 Å². The van der Waals surface area contributed by atoms with Crippen molar-refractivity contribution in [2.24, 2.45) is 17.4 Å². The Morgan fingerprint density at radius 1 is 0.918 bits per heavy atom. The monoisotopic (exact) mass is 696 g/mol. The van der Waals surface area contributed by atoms with E-state index >= 15 is 0 Å². The molecule has 0 radical (unpaired) electrons. The second-order valence-corrected chi connectivity index (χ2v) is 20.7. The number of amides is 7. The predicted octanol–water partition coefficient (Wildman–Crippen LogP) is 3.96. The first-order valence-electron chi connectivity index (χ1n) is 17.6. The SMILES string of the molecule is CCCCN1C(=O)C(=C(N)N)C(=O)N(C2CCC(CN3C(=O)N(COCC[Si](C)(C)C)C(=O)C34CC(OCc3ccccc3)C4)CC2)C1=O. The van der Waals surface area contributed by atoms with Crippen molar-refractivity contribution in [3.63, 3.8) is 0 Å². The molecular formula is C35H52N6O7Si. The zero-order chi connectivity index (χ0) is 35.5. The largest absolute Gasteiger partial charge is 0.385 e. The van der Waals surface area contributed by atoms with E-state index in [0.717, 1.165) is 27.8 Å². The quantitative estimate of drug-likeness (QED) is 0.0962. The maximum atomic E-state index is 13.9. The van der Waals surface area contributed by atoms with Crippen LogP contribution >= 0.6 is 0 Å². The van der Waals surface area contributed by atoms with Gasteiger partial charge in [-0.25, -0.2) is 14.5 Å². The first-order valence-corrected chi connectivity index (χ1v) is 21.3. The smallest absolute Gasteiger partial charge is 0.334 e. The Morgan fingerprint density at radius 2 is 1.59 bits per heavy atom. The van der Waals surface area contributed by atoms with E-state index < -0.39 is 43.3 Å². The van der Waals surface area contributed by atoms with Crippen LogP contribution in [0, 0.1) is 5.92 Å². The summed E-state index contributed by atoms with van der Waals surface area (Å²) in [5.41, 5.74) is 11.2. The molecule has 49 heavy (non-hydrogen) atoms. The number of carbonyl (C=O) groups excluding carboxylic acids is 5. The molecule has 4 aliphatic rings. The van der Waals surface area contributed by atoms with Crippen LogP contribution in [-0.4, -0.2) is 102 Å². The summed E-state index contributed by atoms with van der Waals surface area (Å²) in [7, 11) is -1.35. The molecule has 7 amide bonds. The summed E-state index contributed by atoms with van der Waals surface area (Å²) in [6, 6.07) is 9.35. The fourth-order valence-electron chi connectivity index (χ4n) is 7.25. The van der Waals surface area contributed by atoms with E-state index in [1.54, 1.807) is 4.90 Å². The number of unbranched alkanes of at least 4 members (excludes halogenated alkanes) is 1. The van der Waals surface area contributed by atoms with E-state index in [4.69, 9.17) is 20.9 Å². The predicted molar refractivity (Wildman–Crippen MR) is 185 cm³/mol. The molecule has 2 aliphatic heterocycles. The molecule has 1 spiro atoms. The molecule has 0 aromatic heterocycles. The molecule has 0 unspecified atom stereocenters. The number of carbonyl (C=O) groups is 5. The minimum absolute atomic E-state index is 0.0457. The topological polar surface area (TPSA) is 169 Å². The van der Waals surface area contributed by atoms with Gasteiger partial charge in [0.2, 0.25) is 0 Å². The lowest BCUT2D eigenvalue weighted by Gasteiger charge is -2.48. The van der Waals surface area contributed by atoms with Crippen molar-refractivity contribution in [1.29, 1.82) is 0 Å². The lowest BCUT2D eigenvalue weighted by atomic mass is 9.72. The Morgan fingerprint density at radius 3 is 2.20 bits per heavy atom. The first-order chi connectivity index (χ1) is 23.3. The van der Waals surface area contributed by atoms with Crippen molar-refractivity contribution in [2.45, 2.75) is 108 Å². The van der Waals surface area contributed by atoms with Gasteiger partial charge < -0.3 is 25.8 Å². The maximum absolute atomic E-state index is 13.9. The van der Waals surface area contributed by atoms with Crippen molar-refractivity contribution in [3.05, 3.63) is 47.3 Å². The molecular weight excluding hydrogens is 645 g/mol. The molecule has 2 heterocycles. The number of imide groups is 3. The van der Waals surface area contributed by atoms with Gasteiger partial charge in [0.05, 0.1) is 12.7 Å². The standard InChI is InChI=1S/C35H52N6O7Si/c1-5-6-16-38-30(42)28(29(36)37)31(43)41(34(38)46)26-14-12-24(13-15-26)21-40-33(45)39(23-47-17-18-49(2,3)4)32(44)35(40)19-27(20-35)48-22-25-10-8-7-9-11-25/h7-11,24,26-27H,5-6,12-23,36-37H2,1-4H3. The molecule has 1 aromatic rings. The summed E-state index contributed by atoms with van der Waals surface area (Å²) in [6.45, 7) is 10.1. The Hall–Kier alpha value is -3.75. The van der Waals surface area contributed by atoms with Crippen LogP contribution in [0.5, 0.6) is 0 Å². The Bertz CT molecular complexity index is 1450. The average molecular weight is 697 g/mol. The van der Waals surface area contributed by atoms with Crippen LogP contribution in [0.1, 0.15) is 63.9 Å². The normalized spacial score (nSPS) is 26.3. The van der Waals surface area contributed by atoms with Crippen molar-refractivity contribution in [2.75, 3.05) is 26.4 Å². The molecule has 2 saturated carbocycles. The third kappa shape index (κ3) is 7.70. The summed E-state index contributed by atoms with van der Waals surface area (Å²) in [5, 5.41) is 0. The second-order valence-electron chi connectivity index (χ2n) is 15.1. The molecule has 2 aliphatic carbocycles. The number of rotatable bonds is 14. The summed E-state index contributed by atoms with van der Waals surface area (Å²) in [6.07, 6.45) is 4.25. The minimum atomic E-state index is -1.35. The third-order valence-electron chi connectivity index (χ3n) is 10.3. The van der Waals surface area contributed by atoms with E-state index in [1.807, 2.05) is 37.3 Å². The van der Waals surface area contributed by atoms with Gasteiger partial charge in [-0.2, -0.15) is 0 Å². The second kappa shape index (κ2) is 15.0. The first kappa shape index (κ1) is 36.5. The number of urea groups is 2. The highest BCUT2D eigenvalue weighted by molar-refractivity contribution is 6.76. The zero-order valence-corrected chi connectivity index (χ0v) is 30.3. The zero-order valence-electron chi connectivity index (χ0n) is 29.3. The highest BCUT2D eigenvalue weighted by atomic mass is 28.3. The van der Waals surface area contributed by atoms with Crippen LogP contribution in [0.25, 0.3) is 0 Å². The van der Waals surface area contributed by atoms with Gasteiger partial charge in [-0.1, -0.05) is 63.3 Å². The van der Waals surface area contributed by atoms with Gasteiger partial charge in [-0.15, -0.1) is 0 Å². The van der Waals surface area contributed by atoms with Gasteiger partial charge in [-0.3, -0.25) is 24.2 Å². The summed E-state index contributed by atoms with van der Waals surface area (Å²) in [4.78, 5) is 72.8. The highest BCUT2D eigenvalue weighted by Gasteiger charge is 2.64. The lowest BCUT2D eigenvalue weighted by molar-refractivity contribution is -0.152. The average Bonchev–Trinajstić information content (AvgIpc) is 3.23. The number of nitrogens with zero attached hydrogens (tertiary/aromatic N) is 4. The lowest BCUT2D eigenvalue weighted by Crippen LogP contribution is -2.62. The summed E-state index contributed by atoms with van der Waals surface area (Å²) < 4.78 is 12.0. The van der Waals surface area contributed by atoms with Crippen LogP contribution in [0.2, 0.25) is 25.7 Å². The van der Waals surface area contributed by atoms with E-state index in [2.05, 4.69) is 19.6 Å². The molecule has 0 atom stereocenters. The van der Waals surface area contributed by atoms with Gasteiger partial charge in [0.25, 0.3) is 17.7 Å². The number of hydrogen-bond donors (Lipinski definition) is 2. The van der Waals surface area contributed by atoms with Crippen LogP contribution in [0.15, 0.2) is 41.7 Å². The number of hydrogen-bond acceptors (Lipinski definition) is 9. The molecule has 268 valence electrons. The van der Waals surface area contributed by atoms with E-state index in [1.165, 1.54) is 4.90 Å². The van der Waals surface area contributed by atoms with Crippen molar-refractivity contribution < 1.29 is 33.4 Å². The molecule has 1 aromatic carbocycles. The van der Waals surface area contributed by atoms with E-state index in [-0.39, 0.29) is 42.8 Å². The van der Waals surface area contributed by atoms with Crippen LogP contribution in [0.3, 0.4) is 0 Å². The maximum Gasteiger partial charge on any atom is 0.334 e. The van der Waals surface area contributed by atoms with E-state index in [0.29, 0.717) is 64.7 Å². The number of benzene rings is 1. The van der Waals surface area contributed by atoms with Gasteiger partial charge >= 0.3 is 12.1 Å². The molecule has 14 heteroatoms. The van der Waals surface area contributed by atoms with E-state index in [9.17, 15) is 24.0 Å².